The van der Waals surface area contributed by atoms with Gasteiger partial charge in [-0.2, -0.15) is 0 Å². The van der Waals surface area contributed by atoms with E-state index in [4.69, 9.17) is 39.9 Å². The molecule has 0 radical (unpaired) electrons. The summed E-state index contributed by atoms with van der Waals surface area (Å²) in [5, 5.41) is 26.6. The number of ether oxygens (including phenoxy) is 4. The second-order valence-corrected chi connectivity index (χ2v) is 19.9. The Bertz CT molecular complexity index is 2190. The van der Waals surface area contributed by atoms with E-state index >= 15 is 0 Å². The molecule has 2 aromatic rings. The fourth-order valence-corrected chi connectivity index (χ4v) is 9.84. The molecule has 23 heteroatoms. The normalized spacial score (nSPS) is 18.4. The number of anilines is 1. The Labute approximate surface area is 447 Å². The van der Waals surface area contributed by atoms with Crippen LogP contribution in [0, 0.1) is 0 Å². The van der Waals surface area contributed by atoms with Gasteiger partial charge in [0.05, 0.1) is 108 Å². The number of aliphatic hydroxyl groups excluding tert-OH is 2. The van der Waals surface area contributed by atoms with Gasteiger partial charge < -0.3 is 65.2 Å². The molecular formula is C53H82N8O14P+. The lowest BCUT2D eigenvalue weighted by Gasteiger charge is -2.33. The molecule has 1 unspecified atom stereocenters. The quantitative estimate of drug-likeness (QED) is 0.0223. The minimum Gasteiger partial charge on any atom is -0.396 e. The predicted molar refractivity (Wildman–Crippen MR) is 284 cm³/mol. The van der Waals surface area contributed by atoms with Gasteiger partial charge in [-0.15, -0.1) is 9.42 Å². The average Bonchev–Trinajstić information content (AvgIpc) is 4.04. The molecule has 3 aliphatic heterocycles. The topological polar surface area (TPSA) is 298 Å². The molecule has 0 saturated carbocycles. The highest BCUT2D eigenvalue weighted by Gasteiger charge is 2.34. The Morgan fingerprint density at radius 1 is 0.684 bits per heavy atom. The third kappa shape index (κ3) is 21.4. The number of hydrogen-bond acceptors (Lipinski definition) is 16. The van der Waals surface area contributed by atoms with E-state index in [0.717, 1.165) is 36.8 Å². The van der Waals surface area contributed by atoms with E-state index in [-0.39, 0.29) is 68.2 Å². The van der Waals surface area contributed by atoms with Crippen LogP contribution in [0.15, 0.2) is 48.5 Å². The van der Waals surface area contributed by atoms with E-state index in [1.807, 2.05) is 48.5 Å². The number of nitrogens with zero attached hydrogens (tertiary/aromatic N) is 4. The van der Waals surface area contributed by atoms with Gasteiger partial charge in [0.1, 0.15) is 6.10 Å². The SMILES string of the molecule is N/C1=C(\N(N)CCOCCOCCOCCOCCC(=O)NCCCCCC(=O)N2C[C@H](O)C[C@H]2CO)c2ccccc2CN(C(=O)CCCCC(=O)NCCCCCC(=O)N2CC[C@@H](O[P+](=O)O)C2)c2ccccc21. The molecule has 2 aromatic carbocycles. The lowest BCUT2D eigenvalue weighted by atomic mass is 9.95. The molecule has 0 aromatic heterocycles. The second-order valence-electron chi connectivity index (χ2n) is 19.2. The largest absolute Gasteiger partial charge is 0.695 e. The number of benzene rings is 2. The Hall–Kier alpha value is -5.13. The Balaban J connectivity index is 0.901. The molecule has 5 amide bonds. The number of hydrogen-bond donors (Lipinski definition) is 7. The third-order valence-electron chi connectivity index (χ3n) is 13.5. The summed E-state index contributed by atoms with van der Waals surface area (Å²) >= 11 is 0. The number of carbonyl (C=O) groups excluding carboxylic acids is 5. The van der Waals surface area contributed by atoms with Crippen LogP contribution in [-0.4, -0.2) is 176 Å². The molecular weight excluding hydrogens is 1000 g/mol. The van der Waals surface area contributed by atoms with E-state index in [1.165, 1.54) is 0 Å². The van der Waals surface area contributed by atoms with Crippen molar-refractivity contribution in [2.45, 2.75) is 121 Å². The van der Waals surface area contributed by atoms with Crippen molar-refractivity contribution in [3.63, 3.8) is 0 Å². The van der Waals surface area contributed by atoms with Crippen molar-refractivity contribution in [2.24, 2.45) is 11.6 Å². The first-order valence-corrected chi connectivity index (χ1v) is 28.0. The zero-order valence-corrected chi connectivity index (χ0v) is 44.9. The van der Waals surface area contributed by atoms with Gasteiger partial charge in [-0.25, -0.2) is 5.84 Å². The van der Waals surface area contributed by atoms with Crippen LogP contribution in [0.4, 0.5) is 5.69 Å². The van der Waals surface area contributed by atoms with Gasteiger partial charge in [0.25, 0.3) is 0 Å². The fraction of sp³-hybridized carbons (Fsp3) is 0.642. The third-order valence-corrected chi connectivity index (χ3v) is 14.0. The minimum absolute atomic E-state index is 0.00118. The first-order valence-electron chi connectivity index (χ1n) is 26.9. The van der Waals surface area contributed by atoms with Crippen LogP contribution in [0.3, 0.4) is 0 Å². The van der Waals surface area contributed by atoms with Crippen molar-refractivity contribution in [3.8, 4) is 0 Å². The summed E-state index contributed by atoms with van der Waals surface area (Å²) in [7, 11) is -2.68. The molecule has 2 saturated heterocycles. The molecule has 4 atom stereocenters. The van der Waals surface area contributed by atoms with Crippen LogP contribution in [0.2, 0.25) is 0 Å². The number of para-hydroxylation sites is 1. The van der Waals surface area contributed by atoms with E-state index in [2.05, 4.69) is 10.6 Å². The summed E-state index contributed by atoms with van der Waals surface area (Å²) in [5.74, 6) is 6.40. The monoisotopic (exact) mass is 1090 g/mol. The zero-order chi connectivity index (χ0) is 54.5. The van der Waals surface area contributed by atoms with Crippen molar-refractivity contribution in [3.05, 3.63) is 65.2 Å². The molecule has 0 aliphatic carbocycles. The maximum atomic E-state index is 13.9. The summed E-state index contributed by atoms with van der Waals surface area (Å²) in [6.07, 6.45) is 6.96. The highest BCUT2D eigenvalue weighted by molar-refractivity contribution is 7.32. The molecule has 76 heavy (non-hydrogen) atoms. The first-order chi connectivity index (χ1) is 36.9. The van der Waals surface area contributed by atoms with Crippen molar-refractivity contribution < 1.29 is 67.1 Å². The average molecular weight is 1090 g/mol. The number of likely N-dealkylation sites (tertiary alicyclic amines) is 2. The number of nitrogens with two attached hydrogens (primary N) is 2. The molecule has 0 bridgehead atoms. The smallest absolute Gasteiger partial charge is 0.396 e. The summed E-state index contributed by atoms with van der Waals surface area (Å²) in [6, 6.07) is 14.9. The number of rotatable bonds is 36. The predicted octanol–water partition coefficient (Wildman–Crippen LogP) is 3.08. The van der Waals surface area contributed by atoms with E-state index in [1.54, 1.807) is 19.7 Å². The lowest BCUT2D eigenvalue weighted by molar-refractivity contribution is -0.133. The van der Waals surface area contributed by atoms with E-state index in [9.17, 15) is 38.8 Å². The minimum atomic E-state index is -2.68. The van der Waals surface area contributed by atoms with Crippen molar-refractivity contribution in [1.29, 1.82) is 0 Å². The molecule has 422 valence electrons. The molecule has 5 rings (SSSR count). The van der Waals surface area contributed by atoms with Crippen molar-refractivity contribution in [2.75, 3.05) is 104 Å². The Kier molecular flexibility index (Phi) is 28.1. The van der Waals surface area contributed by atoms with Gasteiger partial charge in [0.2, 0.25) is 29.5 Å². The summed E-state index contributed by atoms with van der Waals surface area (Å²) < 4.78 is 38.4. The lowest BCUT2D eigenvalue weighted by Crippen LogP contribution is -2.37. The van der Waals surface area contributed by atoms with Crippen LogP contribution in [0.1, 0.15) is 113 Å². The van der Waals surface area contributed by atoms with Gasteiger partial charge >= 0.3 is 8.25 Å². The number of carbonyl (C=O) groups is 5. The molecule has 9 N–H and O–H groups in total. The fourth-order valence-electron chi connectivity index (χ4n) is 9.41. The first kappa shape index (κ1) is 61.7. The van der Waals surface area contributed by atoms with Crippen LogP contribution in [0.5, 0.6) is 0 Å². The number of hydrazine groups is 1. The molecule has 22 nitrogen and oxygen atoms in total. The van der Waals surface area contributed by atoms with Crippen LogP contribution >= 0.6 is 8.25 Å². The van der Waals surface area contributed by atoms with Crippen molar-refractivity contribution in [1.82, 2.24) is 25.4 Å². The Morgan fingerprint density at radius 2 is 1.25 bits per heavy atom. The van der Waals surface area contributed by atoms with Crippen LogP contribution in [0.25, 0.3) is 11.4 Å². The highest BCUT2D eigenvalue weighted by atomic mass is 31.1. The maximum absolute atomic E-state index is 13.9. The number of nitrogens with one attached hydrogen (secondary N) is 2. The summed E-state index contributed by atoms with van der Waals surface area (Å²) in [4.78, 5) is 77.5. The van der Waals surface area contributed by atoms with Gasteiger partial charge in [-0.1, -0.05) is 55.3 Å². The zero-order valence-electron chi connectivity index (χ0n) is 44.0. The molecule has 3 heterocycles. The number of unbranched alkanes of at least 4 members (excludes halogenated alkanes) is 5. The second kappa shape index (κ2) is 34.6. The Morgan fingerprint density at radius 3 is 1.92 bits per heavy atom. The molecule has 2 fully saturated rings. The van der Waals surface area contributed by atoms with Crippen LogP contribution in [-0.2, 0) is 58.6 Å². The standard InChI is InChI=1S/C53H81N8O14P/c54-52-45-15-7-8-16-46(45)60(51(68)20-10-9-17-47(64)56-23-11-1-3-18-49(66)58-25-21-43(38-58)75-76(69)70)36-40-13-5-6-14-44(40)53(52)61(55)26-28-72-30-32-74-34-33-73-31-29-71-27-22-48(65)57-24-12-2-4-19-50(67)59-37-42(63)35-41(59)39-62/h5-8,13-16,41-43,62-63H,1-4,9-12,17-39,54-55H2,(H2-,56,57,64,65,69,70)/p+1/b53-52-/t41-,42+,43+/m0/s1. The number of fused-ring (bicyclic) bond motifs is 2. The van der Waals surface area contributed by atoms with Gasteiger partial charge in [-0.3, -0.25) is 24.0 Å². The van der Waals surface area contributed by atoms with Crippen molar-refractivity contribution >= 4 is 54.9 Å². The molecule has 3 aliphatic rings. The molecule has 0 spiro atoms. The number of β-amino-alcohol motifs (C(OH)–C–C–N with tert-alkyl or cyclic N) is 1. The summed E-state index contributed by atoms with van der Waals surface area (Å²) in [6.45, 7) is 5.34. The van der Waals surface area contributed by atoms with Gasteiger partial charge in [-0.05, 0) is 63.0 Å². The van der Waals surface area contributed by atoms with Gasteiger partial charge in [0, 0.05) is 74.0 Å². The summed E-state index contributed by atoms with van der Waals surface area (Å²) in [5.41, 5.74) is 11.0. The van der Waals surface area contributed by atoms with Gasteiger partial charge in [0.15, 0.2) is 0 Å². The van der Waals surface area contributed by atoms with E-state index < -0.39 is 20.5 Å². The number of amides is 5. The highest BCUT2D eigenvalue weighted by Crippen LogP contribution is 2.37. The van der Waals surface area contributed by atoms with E-state index in [0.29, 0.717) is 166 Å². The number of aliphatic hydroxyl groups is 2. The maximum Gasteiger partial charge on any atom is 0.695 e. The van der Waals surface area contributed by atoms with Crippen LogP contribution < -0.4 is 27.1 Å².